The highest BCUT2D eigenvalue weighted by molar-refractivity contribution is 6.33. The van der Waals surface area contributed by atoms with Gasteiger partial charge in [0.2, 0.25) is 0 Å². The Kier molecular flexibility index (Phi) is 5.51. The van der Waals surface area contributed by atoms with Crippen molar-refractivity contribution in [3.05, 3.63) is 34.6 Å². The Bertz CT molecular complexity index is 535. The lowest BCUT2D eigenvalue weighted by atomic mass is 9.97. The van der Waals surface area contributed by atoms with Crippen LogP contribution in [-0.2, 0) is 0 Å². The Balaban J connectivity index is 1.55. The van der Waals surface area contributed by atoms with Crippen molar-refractivity contribution in [1.82, 2.24) is 15.1 Å². The van der Waals surface area contributed by atoms with E-state index in [9.17, 15) is 9.18 Å². The minimum Gasteiger partial charge on any atom is -0.336 e. The molecule has 2 aliphatic rings. The van der Waals surface area contributed by atoms with Crippen molar-refractivity contribution in [2.45, 2.75) is 12.8 Å². The number of hydrogen-bond acceptors (Lipinski definition) is 3. The molecule has 3 rings (SSSR count). The van der Waals surface area contributed by atoms with E-state index in [1.807, 2.05) is 0 Å². The summed E-state index contributed by atoms with van der Waals surface area (Å²) in [6, 6.07) is 4.36. The van der Waals surface area contributed by atoms with E-state index in [-0.39, 0.29) is 16.5 Å². The van der Waals surface area contributed by atoms with E-state index in [0.717, 1.165) is 38.6 Å². The van der Waals surface area contributed by atoms with E-state index in [2.05, 4.69) is 10.2 Å². The normalized spacial score (nSPS) is 20.7. The van der Waals surface area contributed by atoms with Crippen LogP contribution in [0.3, 0.4) is 0 Å². The van der Waals surface area contributed by atoms with Crippen molar-refractivity contribution in [2.75, 3.05) is 45.8 Å². The fourth-order valence-electron chi connectivity index (χ4n) is 3.42. The predicted molar refractivity (Wildman–Crippen MR) is 89.3 cm³/mol. The molecule has 0 spiro atoms. The molecule has 0 aliphatic carbocycles. The van der Waals surface area contributed by atoms with Gasteiger partial charge in [-0.25, -0.2) is 4.39 Å². The summed E-state index contributed by atoms with van der Waals surface area (Å²) >= 11 is 6.00. The van der Waals surface area contributed by atoms with Crippen molar-refractivity contribution >= 4 is 17.5 Å². The number of piperazine rings is 1. The number of piperidine rings is 1. The average molecular weight is 340 g/mol. The van der Waals surface area contributed by atoms with E-state index in [4.69, 9.17) is 11.6 Å². The molecule has 1 N–H and O–H groups in total. The summed E-state index contributed by atoms with van der Waals surface area (Å²) in [4.78, 5) is 16.6. The molecule has 2 heterocycles. The molecule has 0 radical (unpaired) electrons. The summed E-state index contributed by atoms with van der Waals surface area (Å²) < 4.78 is 13.9. The van der Waals surface area contributed by atoms with Gasteiger partial charge in [0.1, 0.15) is 5.82 Å². The molecule has 2 saturated heterocycles. The average Bonchev–Trinajstić information content (AvgIpc) is 2.56. The largest absolute Gasteiger partial charge is 0.336 e. The van der Waals surface area contributed by atoms with Crippen molar-refractivity contribution in [2.24, 2.45) is 5.92 Å². The van der Waals surface area contributed by atoms with E-state index >= 15 is 0 Å². The fourth-order valence-corrected chi connectivity index (χ4v) is 3.67. The molecule has 4 nitrogen and oxygen atoms in total. The zero-order chi connectivity index (χ0) is 16.2. The van der Waals surface area contributed by atoms with E-state index in [0.29, 0.717) is 13.1 Å². The molecule has 1 amide bonds. The lowest BCUT2D eigenvalue weighted by Crippen LogP contribution is -2.50. The number of amides is 1. The molecule has 0 aromatic heterocycles. The number of nitrogens with one attached hydrogen (secondary N) is 1. The summed E-state index contributed by atoms with van der Waals surface area (Å²) in [7, 11) is 0. The van der Waals surface area contributed by atoms with Crippen LogP contribution in [-0.4, -0.2) is 61.5 Å². The highest BCUT2D eigenvalue weighted by atomic mass is 35.5. The lowest BCUT2D eigenvalue weighted by molar-refractivity contribution is 0.0604. The quantitative estimate of drug-likeness (QED) is 0.917. The molecule has 1 aromatic rings. The van der Waals surface area contributed by atoms with Crippen LogP contribution in [0.5, 0.6) is 0 Å². The maximum atomic E-state index is 13.9. The molecule has 2 aliphatic heterocycles. The molecular weight excluding hydrogens is 317 g/mol. The molecule has 23 heavy (non-hydrogen) atoms. The third-order valence-electron chi connectivity index (χ3n) is 4.81. The number of hydrogen-bond donors (Lipinski definition) is 1. The summed E-state index contributed by atoms with van der Waals surface area (Å²) in [6.07, 6.45) is 2.45. The Hall–Kier alpha value is -1.17. The third-order valence-corrected chi connectivity index (χ3v) is 5.13. The predicted octanol–water partition coefficient (Wildman–Crippen LogP) is 2.24. The third kappa shape index (κ3) is 4.03. The number of benzene rings is 1. The van der Waals surface area contributed by atoms with Gasteiger partial charge in [-0.15, -0.1) is 0 Å². The first-order valence-electron chi connectivity index (χ1n) is 8.31. The smallest absolute Gasteiger partial charge is 0.258 e. The number of carbonyl (C=O) groups excluding carboxylic acids is 1. The number of rotatable bonds is 3. The van der Waals surface area contributed by atoms with Crippen LogP contribution in [0.2, 0.25) is 5.02 Å². The van der Waals surface area contributed by atoms with Crippen LogP contribution in [0.4, 0.5) is 4.39 Å². The Morgan fingerprint density at radius 2 is 1.91 bits per heavy atom. The van der Waals surface area contributed by atoms with Gasteiger partial charge < -0.3 is 10.2 Å². The minimum absolute atomic E-state index is 0.000900. The monoisotopic (exact) mass is 339 g/mol. The second-order valence-corrected chi connectivity index (χ2v) is 6.79. The molecule has 1 aromatic carbocycles. The molecule has 0 unspecified atom stereocenters. The molecule has 6 heteroatoms. The van der Waals surface area contributed by atoms with Crippen LogP contribution >= 0.6 is 11.6 Å². The fraction of sp³-hybridized carbons (Fsp3) is 0.588. The second kappa shape index (κ2) is 7.60. The minimum atomic E-state index is -0.542. The zero-order valence-corrected chi connectivity index (χ0v) is 14.0. The number of carbonyl (C=O) groups is 1. The van der Waals surface area contributed by atoms with Gasteiger partial charge in [-0.1, -0.05) is 17.7 Å². The first-order valence-corrected chi connectivity index (χ1v) is 8.69. The number of nitrogens with zero attached hydrogens (tertiary/aromatic N) is 2. The lowest BCUT2D eigenvalue weighted by Gasteiger charge is -2.37. The van der Waals surface area contributed by atoms with Crippen molar-refractivity contribution in [3.63, 3.8) is 0 Å². The maximum absolute atomic E-state index is 13.9. The summed E-state index contributed by atoms with van der Waals surface area (Å²) in [5.41, 5.74) is 0.000900. The first-order chi connectivity index (χ1) is 11.1. The Morgan fingerprint density at radius 1 is 1.22 bits per heavy atom. The topological polar surface area (TPSA) is 35.6 Å². The molecule has 0 saturated carbocycles. The standard InChI is InChI=1S/C17H23ClFN3O/c18-14-2-1-3-15(19)16(14)17(23)22-10-8-21(9-11-22)12-13-4-6-20-7-5-13/h1-3,13,20H,4-12H2. The first kappa shape index (κ1) is 16.7. The van der Waals surface area contributed by atoms with E-state index in [1.54, 1.807) is 11.0 Å². The van der Waals surface area contributed by atoms with Crippen molar-refractivity contribution in [3.8, 4) is 0 Å². The summed E-state index contributed by atoms with van der Waals surface area (Å²) in [5.74, 6) is -0.0891. The van der Waals surface area contributed by atoms with Crippen LogP contribution < -0.4 is 5.32 Å². The van der Waals surface area contributed by atoms with Gasteiger partial charge in [0.15, 0.2) is 0 Å². The molecular formula is C17H23ClFN3O. The van der Waals surface area contributed by atoms with Gasteiger partial charge in [-0.3, -0.25) is 9.69 Å². The molecule has 2 fully saturated rings. The zero-order valence-electron chi connectivity index (χ0n) is 13.2. The van der Waals surface area contributed by atoms with Crippen molar-refractivity contribution < 1.29 is 9.18 Å². The van der Waals surface area contributed by atoms with Crippen molar-refractivity contribution in [1.29, 1.82) is 0 Å². The Morgan fingerprint density at radius 3 is 2.57 bits per heavy atom. The summed E-state index contributed by atoms with van der Waals surface area (Å²) in [6.45, 7) is 6.28. The Labute approximate surface area is 141 Å². The van der Waals surface area contributed by atoms with Gasteiger partial charge in [0, 0.05) is 32.7 Å². The molecule has 126 valence electrons. The summed E-state index contributed by atoms with van der Waals surface area (Å²) in [5, 5.41) is 3.57. The van der Waals surface area contributed by atoms with Crippen LogP contribution in [0.25, 0.3) is 0 Å². The molecule has 0 bridgehead atoms. The van der Waals surface area contributed by atoms with Gasteiger partial charge >= 0.3 is 0 Å². The number of halogens is 2. The van der Waals surface area contributed by atoms with E-state index < -0.39 is 5.82 Å². The maximum Gasteiger partial charge on any atom is 0.258 e. The molecule has 0 atom stereocenters. The van der Waals surface area contributed by atoms with E-state index in [1.165, 1.54) is 25.0 Å². The van der Waals surface area contributed by atoms with Crippen LogP contribution in [0.15, 0.2) is 18.2 Å². The van der Waals surface area contributed by atoms with Crippen LogP contribution in [0, 0.1) is 11.7 Å². The van der Waals surface area contributed by atoms with Gasteiger partial charge in [0.25, 0.3) is 5.91 Å². The van der Waals surface area contributed by atoms with Gasteiger partial charge in [-0.05, 0) is 44.0 Å². The van der Waals surface area contributed by atoms with Gasteiger partial charge in [0.05, 0.1) is 10.6 Å². The SMILES string of the molecule is O=C(c1c(F)cccc1Cl)N1CCN(CC2CCNCC2)CC1. The second-order valence-electron chi connectivity index (χ2n) is 6.38. The van der Waals surface area contributed by atoms with Gasteiger partial charge in [-0.2, -0.15) is 0 Å². The van der Waals surface area contributed by atoms with Crippen LogP contribution in [0.1, 0.15) is 23.2 Å². The highest BCUT2D eigenvalue weighted by Crippen LogP contribution is 2.22. The highest BCUT2D eigenvalue weighted by Gasteiger charge is 2.27.